The lowest BCUT2D eigenvalue weighted by Crippen LogP contribution is -2.30. The third-order valence-corrected chi connectivity index (χ3v) is 7.48. The zero-order valence-electron chi connectivity index (χ0n) is 18.0. The number of thiophene rings is 2. The number of anilines is 2. The molecule has 6 nitrogen and oxygen atoms in total. The lowest BCUT2D eigenvalue weighted by molar-refractivity contribution is 0.258. The Balaban J connectivity index is 1.50. The summed E-state index contributed by atoms with van der Waals surface area (Å²) in [5.74, 6) is 0.975. The zero-order valence-corrected chi connectivity index (χ0v) is 19.6. The van der Waals surface area contributed by atoms with Crippen molar-refractivity contribution < 1.29 is 5.11 Å². The Labute approximate surface area is 190 Å². The molecule has 0 aliphatic rings. The van der Waals surface area contributed by atoms with Crippen molar-refractivity contribution in [3.8, 4) is 15.5 Å². The molecule has 8 heteroatoms. The molecule has 31 heavy (non-hydrogen) atoms. The standard InChI is InChI=1S/C23H27N5OS2/c1-4-27(2)8-9-28(3)13-16-10-20(30-14-16)21-12-19-22(31-21)23(25-15-24-19)26-17-6-5-7-18(29)11-17/h5-7,10-12,14-15,29H,4,8-9,13H2,1-3H3,(H,24,25,26). The van der Waals surface area contributed by atoms with Crippen LogP contribution in [0.5, 0.6) is 5.75 Å². The summed E-state index contributed by atoms with van der Waals surface area (Å²) in [6, 6.07) is 11.5. The molecule has 0 aliphatic carbocycles. The van der Waals surface area contributed by atoms with Crippen molar-refractivity contribution in [2.45, 2.75) is 13.5 Å². The normalized spacial score (nSPS) is 11.6. The van der Waals surface area contributed by atoms with Crippen LogP contribution in [0.4, 0.5) is 11.5 Å². The van der Waals surface area contributed by atoms with Crippen LogP contribution in [0.15, 0.2) is 48.1 Å². The molecule has 0 saturated heterocycles. The number of nitrogens with one attached hydrogen (secondary N) is 1. The minimum Gasteiger partial charge on any atom is -0.508 e. The second-order valence-electron chi connectivity index (χ2n) is 7.68. The van der Waals surface area contributed by atoms with Crippen molar-refractivity contribution >= 4 is 44.4 Å². The zero-order chi connectivity index (χ0) is 21.8. The number of likely N-dealkylation sites (N-methyl/N-ethyl adjacent to an activating group) is 2. The largest absolute Gasteiger partial charge is 0.508 e. The van der Waals surface area contributed by atoms with Crippen molar-refractivity contribution in [2.24, 2.45) is 0 Å². The summed E-state index contributed by atoms with van der Waals surface area (Å²) in [6.45, 7) is 6.34. The average molecular weight is 454 g/mol. The van der Waals surface area contributed by atoms with Gasteiger partial charge in [0.25, 0.3) is 0 Å². The van der Waals surface area contributed by atoms with Gasteiger partial charge in [0.2, 0.25) is 0 Å². The van der Waals surface area contributed by atoms with Gasteiger partial charge in [-0.2, -0.15) is 0 Å². The molecule has 0 unspecified atom stereocenters. The summed E-state index contributed by atoms with van der Waals surface area (Å²) in [6.07, 6.45) is 1.58. The number of phenols is 1. The van der Waals surface area contributed by atoms with Gasteiger partial charge in [0.15, 0.2) is 5.82 Å². The van der Waals surface area contributed by atoms with Crippen molar-refractivity contribution in [2.75, 3.05) is 39.0 Å². The average Bonchev–Trinajstić information content (AvgIpc) is 3.39. The third-order valence-electron chi connectivity index (χ3n) is 5.17. The maximum atomic E-state index is 9.72. The lowest BCUT2D eigenvalue weighted by atomic mass is 10.2. The van der Waals surface area contributed by atoms with Gasteiger partial charge < -0.3 is 20.2 Å². The highest BCUT2D eigenvalue weighted by Gasteiger charge is 2.13. The second kappa shape index (κ2) is 9.74. The van der Waals surface area contributed by atoms with E-state index in [0.29, 0.717) is 0 Å². The molecule has 0 amide bonds. The number of fused-ring (bicyclic) bond motifs is 1. The first kappa shape index (κ1) is 21.7. The fourth-order valence-corrected chi connectivity index (χ4v) is 5.31. The molecule has 4 rings (SSSR count). The van der Waals surface area contributed by atoms with Gasteiger partial charge in [-0.3, -0.25) is 0 Å². The smallest absolute Gasteiger partial charge is 0.151 e. The summed E-state index contributed by atoms with van der Waals surface area (Å²) in [5.41, 5.74) is 3.06. The van der Waals surface area contributed by atoms with E-state index in [0.717, 1.165) is 47.9 Å². The van der Waals surface area contributed by atoms with E-state index in [1.165, 1.54) is 15.3 Å². The Bertz CT molecular complexity index is 1160. The Morgan fingerprint density at radius 1 is 1.03 bits per heavy atom. The number of aromatic hydroxyl groups is 1. The Morgan fingerprint density at radius 3 is 2.68 bits per heavy atom. The van der Waals surface area contributed by atoms with Gasteiger partial charge in [-0.25, -0.2) is 9.97 Å². The molecule has 4 aromatic rings. The Morgan fingerprint density at radius 2 is 1.87 bits per heavy atom. The van der Waals surface area contributed by atoms with Crippen LogP contribution in [0.3, 0.4) is 0 Å². The molecule has 0 fully saturated rings. The first-order chi connectivity index (χ1) is 15.0. The van der Waals surface area contributed by atoms with Gasteiger partial charge in [-0.15, -0.1) is 22.7 Å². The molecule has 2 N–H and O–H groups in total. The van der Waals surface area contributed by atoms with E-state index in [1.54, 1.807) is 47.2 Å². The Kier molecular flexibility index (Phi) is 6.82. The van der Waals surface area contributed by atoms with Gasteiger partial charge in [-0.1, -0.05) is 13.0 Å². The fourth-order valence-electron chi connectivity index (χ4n) is 3.26. The summed E-state index contributed by atoms with van der Waals surface area (Å²) in [5, 5.41) is 15.3. The van der Waals surface area contributed by atoms with E-state index in [9.17, 15) is 5.11 Å². The van der Waals surface area contributed by atoms with E-state index >= 15 is 0 Å². The van der Waals surface area contributed by atoms with Crippen LogP contribution in [0.1, 0.15) is 12.5 Å². The number of aromatic nitrogens is 2. The Hall–Kier alpha value is -2.52. The first-order valence-electron chi connectivity index (χ1n) is 10.3. The molecule has 0 saturated carbocycles. The third kappa shape index (κ3) is 5.40. The van der Waals surface area contributed by atoms with E-state index < -0.39 is 0 Å². The monoisotopic (exact) mass is 453 g/mol. The molecule has 3 heterocycles. The topological polar surface area (TPSA) is 64.5 Å². The highest BCUT2D eigenvalue weighted by Crippen LogP contribution is 2.39. The molecular weight excluding hydrogens is 426 g/mol. The molecule has 0 radical (unpaired) electrons. The number of phenolic OH excluding ortho intramolecular Hbond substituents is 1. The van der Waals surface area contributed by atoms with Gasteiger partial charge in [0.1, 0.15) is 12.1 Å². The van der Waals surface area contributed by atoms with Gasteiger partial charge in [-0.05, 0) is 55.8 Å². The highest BCUT2D eigenvalue weighted by molar-refractivity contribution is 7.26. The quantitative estimate of drug-likeness (QED) is 0.361. The second-order valence-corrected chi connectivity index (χ2v) is 9.64. The van der Waals surface area contributed by atoms with Crippen LogP contribution < -0.4 is 5.32 Å². The predicted molar refractivity (Wildman–Crippen MR) is 132 cm³/mol. The fraction of sp³-hybridized carbons (Fsp3) is 0.304. The molecule has 0 spiro atoms. The number of nitrogens with zero attached hydrogens (tertiary/aromatic N) is 4. The number of benzene rings is 1. The van der Waals surface area contributed by atoms with E-state index in [-0.39, 0.29) is 5.75 Å². The number of rotatable bonds is 9. The number of hydrogen-bond donors (Lipinski definition) is 2. The molecule has 1 aromatic carbocycles. The van der Waals surface area contributed by atoms with Crippen LogP contribution in [0, 0.1) is 0 Å². The summed E-state index contributed by atoms with van der Waals surface area (Å²) < 4.78 is 1.01. The van der Waals surface area contributed by atoms with Crippen molar-refractivity contribution in [1.29, 1.82) is 0 Å². The molecule has 3 aromatic heterocycles. The first-order valence-corrected chi connectivity index (χ1v) is 12.0. The maximum Gasteiger partial charge on any atom is 0.151 e. The summed E-state index contributed by atoms with van der Waals surface area (Å²) >= 11 is 3.46. The SMILES string of the molecule is CCN(C)CCN(C)Cc1csc(-c2cc3ncnc(Nc4cccc(O)c4)c3s2)c1. The van der Waals surface area contributed by atoms with Crippen molar-refractivity contribution in [3.05, 3.63) is 53.7 Å². The van der Waals surface area contributed by atoms with Crippen LogP contribution in [-0.2, 0) is 6.54 Å². The maximum absolute atomic E-state index is 9.72. The summed E-state index contributed by atoms with van der Waals surface area (Å²) in [4.78, 5) is 16.0. The molecule has 0 aliphatic heterocycles. The number of hydrogen-bond acceptors (Lipinski definition) is 8. The van der Waals surface area contributed by atoms with Crippen LogP contribution >= 0.6 is 22.7 Å². The van der Waals surface area contributed by atoms with Crippen molar-refractivity contribution in [1.82, 2.24) is 19.8 Å². The minimum absolute atomic E-state index is 0.222. The van der Waals surface area contributed by atoms with Gasteiger partial charge in [0, 0.05) is 41.1 Å². The van der Waals surface area contributed by atoms with Crippen LogP contribution in [-0.4, -0.2) is 58.6 Å². The van der Waals surface area contributed by atoms with Crippen molar-refractivity contribution in [3.63, 3.8) is 0 Å². The molecule has 0 bridgehead atoms. The highest BCUT2D eigenvalue weighted by atomic mass is 32.1. The molecule has 0 atom stereocenters. The molecule has 162 valence electrons. The molecular formula is C23H27N5OS2. The minimum atomic E-state index is 0.222. The van der Waals surface area contributed by atoms with E-state index in [1.807, 2.05) is 6.07 Å². The summed E-state index contributed by atoms with van der Waals surface area (Å²) in [7, 11) is 4.33. The van der Waals surface area contributed by atoms with Gasteiger partial charge in [0.05, 0.1) is 10.2 Å². The van der Waals surface area contributed by atoms with Crippen LogP contribution in [0.2, 0.25) is 0 Å². The lowest BCUT2D eigenvalue weighted by Gasteiger charge is -2.20. The van der Waals surface area contributed by atoms with E-state index in [4.69, 9.17) is 0 Å². The van der Waals surface area contributed by atoms with Gasteiger partial charge >= 0.3 is 0 Å². The van der Waals surface area contributed by atoms with E-state index in [2.05, 4.69) is 63.6 Å². The van der Waals surface area contributed by atoms with Crippen LogP contribution in [0.25, 0.3) is 20.0 Å². The predicted octanol–water partition coefficient (Wildman–Crippen LogP) is 5.25.